The van der Waals surface area contributed by atoms with E-state index in [1.807, 2.05) is 0 Å². The molecule has 0 radical (unpaired) electrons. The highest BCUT2D eigenvalue weighted by molar-refractivity contribution is 5.66. The van der Waals surface area contributed by atoms with Crippen molar-refractivity contribution in [2.24, 2.45) is 0 Å². The minimum absolute atomic E-state index is 0.226. The molecule has 0 saturated heterocycles. The summed E-state index contributed by atoms with van der Waals surface area (Å²) in [7, 11) is 0. The molecule has 0 atom stereocenters. The largest absolute Gasteiger partial charge is 0.461 e. The fourth-order valence-electron chi connectivity index (χ4n) is 1.60. The first-order valence-electron chi connectivity index (χ1n) is 6.01. The van der Waals surface area contributed by atoms with E-state index in [-0.39, 0.29) is 5.97 Å². The van der Waals surface area contributed by atoms with Gasteiger partial charge in [-0.15, -0.1) is 0 Å². The van der Waals surface area contributed by atoms with E-state index in [0.29, 0.717) is 6.61 Å². The number of hydrogen-bond donors (Lipinski definition) is 0. The third-order valence-corrected chi connectivity index (χ3v) is 2.48. The van der Waals surface area contributed by atoms with Gasteiger partial charge in [-0.1, -0.05) is 49.2 Å². The SMILES string of the molecule is CCC/C(=C\c1ccc(C)cc1)COC(C)=O. The van der Waals surface area contributed by atoms with Gasteiger partial charge < -0.3 is 4.74 Å². The zero-order chi connectivity index (χ0) is 12.7. The number of carbonyl (C=O) groups excluding carboxylic acids is 1. The average molecular weight is 232 g/mol. The van der Waals surface area contributed by atoms with Gasteiger partial charge in [0.05, 0.1) is 0 Å². The lowest BCUT2D eigenvalue weighted by atomic mass is 10.1. The molecule has 92 valence electrons. The lowest BCUT2D eigenvalue weighted by Gasteiger charge is -2.07. The van der Waals surface area contributed by atoms with E-state index in [1.165, 1.54) is 12.5 Å². The van der Waals surface area contributed by atoms with Crippen LogP contribution in [0.25, 0.3) is 6.08 Å². The molecule has 0 aliphatic rings. The van der Waals surface area contributed by atoms with E-state index >= 15 is 0 Å². The molecule has 1 aromatic carbocycles. The van der Waals surface area contributed by atoms with Crippen molar-refractivity contribution in [3.05, 3.63) is 41.0 Å². The summed E-state index contributed by atoms with van der Waals surface area (Å²) in [5, 5.41) is 0. The second kappa shape index (κ2) is 6.89. The molecule has 1 aromatic rings. The van der Waals surface area contributed by atoms with Gasteiger partial charge in [-0.3, -0.25) is 4.79 Å². The normalized spacial score (nSPS) is 11.4. The molecule has 0 N–H and O–H groups in total. The van der Waals surface area contributed by atoms with Crippen molar-refractivity contribution in [3.8, 4) is 0 Å². The van der Waals surface area contributed by atoms with Gasteiger partial charge >= 0.3 is 5.97 Å². The quantitative estimate of drug-likeness (QED) is 0.723. The standard InChI is InChI=1S/C15H20O2/c1-4-5-15(11-17-13(3)16)10-14-8-6-12(2)7-9-14/h6-10H,4-5,11H2,1-3H3/b15-10+. The number of carbonyl (C=O) groups is 1. The summed E-state index contributed by atoms with van der Waals surface area (Å²) < 4.78 is 5.05. The van der Waals surface area contributed by atoms with Crippen LogP contribution in [0.15, 0.2) is 29.8 Å². The summed E-state index contributed by atoms with van der Waals surface area (Å²) in [6.45, 7) is 6.03. The van der Waals surface area contributed by atoms with Gasteiger partial charge in [-0.2, -0.15) is 0 Å². The van der Waals surface area contributed by atoms with Crippen molar-refractivity contribution in [3.63, 3.8) is 0 Å². The first-order chi connectivity index (χ1) is 8.11. The molecular formula is C15H20O2. The summed E-state index contributed by atoms with van der Waals surface area (Å²) in [6.07, 6.45) is 4.12. The second-order valence-corrected chi connectivity index (χ2v) is 4.24. The summed E-state index contributed by atoms with van der Waals surface area (Å²) in [5.41, 5.74) is 3.57. The van der Waals surface area contributed by atoms with E-state index in [4.69, 9.17) is 4.74 Å². The molecule has 0 aromatic heterocycles. The first kappa shape index (κ1) is 13.5. The molecule has 2 heteroatoms. The van der Waals surface area contributed by atoms with Crippen LogP contribution in [0, 0.1) is 6.92 Å². The molecule has 0 saturated carbocycles. The smallest absolute Gasteiger partial charge is 0.302 e. The molecule has 17 heavy (non-hydrogen) atoms. The number of rotatable bonds is 5. The van der Waals surface area contributed by atoms with Crippen LogP contribution in [0.5, 0.6) is 0 Å². The van der Waals surface area contributed by atoms with Crippen molar-refractivity contribution in [1.29, 1.82) is 0 Å². The predicted octanol–water partition coefficient (Wildman–Crippen LogP) is 3.74. The Kier molecular flexibility index (Phi) is 5.47. The zero-order valence-corrected chi connectivity index (χ0v) is 10.8. The fraction of sp³-hybridized carbons (Fsp3) is 0.400. The molecule has 0 fully saturated rings. The molecule has 2 nitrogen and oxygen atoms in total. The minimum atomic E-state index is -0.226. The number of hydrogen-bond acceptors (Lipinski definition) is 2. The van der Waals surface area contributed by atoms with Gasteiger partial charge in [0.2, 0.25) is 0 Å². The van der Waals surface area contributed by atoms with E-state index in [0.717, 1.165) is 24.0 Å². The number of esters is 1. The van der Waals surface area contributed by atoms with Gasteiger partial charge in [-0.25, -0.2) is 0 Å². The monoisotopic (exact) mass is 232 g/mol. The Morgan fingerprint density at radius 2 is 1.94 bits per heavy atom. The van der Waals surface area contributed by atoms with Crippen LogP contribution in [0.4, 0.5) is 0 Å². The molecule has 0 unspecified atom stereocenters. The van der Waals surface area contributed by atoms with Gasteiger partial charge in [0, 0.05) is 6.92 Å². The van der Waals surface area contributed by atoms with E-state index in [1.54, 1.807) is 0 Å². The Morgan fingerprint density at radius 1 is 1.29 bits per heavy atom. The maximum absolute atomic E-state index is 10.8. The molecule has 0 amide bonds. The summed E-state index contributed by atoms with van der Waals surface area (Å²) in [6, 6.07) is 8.33. The minimum Gasteiger partial charge on any atom is -0.461 e. The molecular weight excluding hydrogens is 212 g/mol. The van der Waals surface area contributed by atoms with Crippen molar-refractivity contribution in [2.75, 3.05) is 6.61 Å². The van der Waals surface area contributed by atoms with E-state index in [9.17, 15) is 4.79 Å². The van der Waals surface area contributed by atoms with Crippen LogP contribution in [-0.2, 0) is 9.53 Å². The third kappa shape index (κ3) is 5.34. The van der Waals surface area contributed by atoms with Crippen LogP contribution in [0.2, 0.25) is 0 Å². The zero-order valence-electron chi connectivity index (χ0n) is 10.8. The Hall–Kier alpha value is -1.57. The van der Waals surface area contributed by atoms with Gasteiger partial charge in [0.1, 0.15) is 6.61 Å². The number of ether oxygens (including phenoxy) is 1. The summed E-state index contributed by atoms with van der Waals surface area (Å²) in [5.74, 6) is -0.226. The number of aryl methyl sites for hydroxylation is 1. The fourth-order valence-corrected chi connectivity index (χ4v) is 1.60. The van der Waals surface area contributed by atoms with Crippen molar-refractivity contribution >= 4 is 12.0 Å². The average Bonchev–Trinajstić information content (AvgIpc) is 2.29. The highest BCUT2D eigenvalue weighted by atomic mass is 16.5. The lowest BCUT2D eigenvalue weighted by Crippen LogP contribution is -2.03. The highest BCUT2D eigenvalue weighted by Gasteiger charge is 2.00. The van der Waals surface area contributed by atoms with Crippen LogP contribution in [0.3, 0.4) is 0 Å². The van der Waals surface area contributed by atoms with Crippen LogP contribution in [-0.4, -0.2) is 12.6 Å². The number of benzene rings is 1. The molecule has 0 bridgehead atoms. The van der Waals surface area contributed by atoms with Crippen molar-refractivity contribution in [2.45, 2.75) is 33.6 Å². The Labute approximate surface area is 103 Å². The molecule has 0 aliphatic carbocycles. The summed E-state index contributed by atoms with van der Waals surface area (Å²) >= 11 is 0. The Balaban J connectivity index is 2.74. The molecule has 0 heterocycles. The first-order valence-corrected chi connectivity index (χ1v) is 6.01. The van der Waals surface area contributed by atoms with E-state index in [2.05, 4.69) is 44.2 Å². The molecule has 0 aliphatic heterocycles. The van der Waals surface area contributed by atoms with Gasteiger partial charge in [-0.05, 0) is 24.5 Å². The Bertz CT molecular complexity index is 388. The topological polar surface area (TPSA) is 26.3 Å². The van der Waals surface area contributed by atoms with Gasteiger partial charge in [0.25, 0.3) is 0 Å². The maximum Gasteiger partial charge on any atom is 0.302 e. The lowest BCUT2D eigenvalue weighted by molar-refractivity contribution is -0.140. The third-order valence-electron chi connectivity index (χ3n) is 2.48. The van der Waals surface area contributed by atoms with Crippen LogP contribution < -0.4 is 0 Å². The maximum atomic E-state index is 10.8. The summed E-state index contributed by atoms with van der Waals surface area (Å²) in [4.78, 5) is 10.8. The van der Waals surface area contributed by atoms with Crippen LogP contribution >= 0.6 is 0 Å². The highest BCUT2D eigenvalue weighted by Crippen LogP contribution is 2.13. The van der Waals surface area contributed by atoms with Gasteiger partial charge in [0.15, 0.2) is 0 Å². The Morgan fingerprint density at radius 3 is 2.47 bits per heavy atom. The predicted molar refractivity (Wildman–Crippen MR) is 70.7 cm³/mol. The van der Waals surface area contributed by atoms with Crippen molar-refractivity contribution < 1.29 is 9.53 Å². The van der Waals surface area contributed by atoms with Crippen molar-refractivity contribution in [1.82, 2.24) is 0 Å². The van der Waals surface area contributed by atoms with E-state index < -0.39 is 0 Å². The molecule has 0 spiro atoms. The molecule has 1 rings (SSSR count). The second-order valence-electron chi connectivity index (χ2n) is 4.24. The van der Waals surface area contributed by atoms with Crippen LogP contribution in [0.1, 0.15) is 37.8 Å².